The number of ketones is 1. The number of methoxy groups -OCH3 is 1. The summed E-state index contributed by atoms with van der Waals surface area (Å²) in [6, 6.07) is 0. The van der Waals surface area contributed by atoms with E-state index < -0.39 is 0 Å². The Morgan fingerprint density at radius 3 is 1.62 bits per heavy atom. The smallest absolute Gasteiger partial charge is 0.305 e. The number of carbonyl (C=O) groups is 2. The van der Waals surface area contributed by atoms with Gasteiger partial charge in [-0.2, -0.15) is 0 Å². The number of Topliss-reactive ketones (excluding diaryl/α,β-unsaturated/α-hetero) is 1. The van der Waals surface area contributed by atoms with Crippen molar-refractivity contribution in [3.8, 4) is 0 Å². The Morgan fingerprint density at radius 1 is 0.714 bits per heavy atom. The SMILES string of the molecule is COC(=O)CCCCCCC(=O)CCCCCCCCO. The second-order valence-electron chi connectivity index (χ2n) is 5.62. The van der Waals surface area contributed by atoms with Crippen LogP contribution in [0.25, 0.3) is 0 Å². The van der Waals surface area contributed by atoms with Crippen molar-refractivity contribution in [2.24, 2.45) is 0 Å². The summed E-state index contributed by atoms with van der Waals surface area (Å²) in [6.45, 7) is 0.290. The third kappa shape index (κ3) is 15.3. The average molecular weight is 300 g/mol. The van der Waals surface area contributed by atoms with Crippen LogP contribution in [0.4, 0.5) is 0 Å². The van der Waals surface area contributed by atoms with Crippen molar-refractivity contribution in [2.45, 2.75) is 83.5 Å². The monoisotopic (exact) mass is 300 g/mol. The fourth-order valence-corrected chi connectivity index (χ4v) is 2.31. The van der Waals surface area contributed by atoms with Crippen LogP contribution in [0, 0.1) is 0 Å². The van der Waals surface area contributed by atoms with E-state index in [0.29, 0.717) is 25.0 Å². The third-order valence-corrected chi connectivity index (χ3v) is 3.68. The summed E-state index contributed by atoms with van der Waals surface area (Å²) in [6.07, 6.45) is 12.1. The van der Waals surface area contributed by atoms with E-state index in [0.717, 1.165) is 57.8 Å². The molecular formula is C17H32O4. The molecule has 21 heavy (non-hydrogen) atoms. The number of unbranched alkanes of at least 4 members (excludes halogenated alkanes) is 8. The first-order valence-corrected chi connectivity index (χ1v) is 8.40. The van der Waals surface area contributed by atoms with Crippen LogP contribution in [-0.2, 0) is 14.3 Å². The molecule has 0 radical (unpaired) electrons. The summed E-state index contributed by atoms with van der Waals surface area (Å²) in [5, 5.41) is 8.65. The second-order valence-corrected chi connectivity index (χ2v) is 5.62. The van der Waals surface area contributed by atoms with E-state index in [4.69, 9.17) is 5.11 Å². The van der Waals surface area contributed by atoms with Crippen LogP contribution in [0.5, 0.6) is 0 Å². The van der Waals surface area contributed by atoms with Crippen molar-refractivity contribution in [3.63, 3.8) is 0 Å². The molecule has 0 bridgehead atoms. The van der Waals surface area contributed by atoms with Crippen LogP contribution in [0.1, 0.15) is 83.5 Å². The van der Waals surface area contributed by atoms with E-state index >= 15 is 0 Å². The van der Waals surface area contributed by atoms with Crippen LogP contribution in [0.3, 0.4) is 0 Å². The number of ether oxygens (including phenoxy) is 1. The lowest BCUT2D eigenvalue weighted by atomic mass is 10.0. The van der Waals surface area contributed by atoms with Gasteiger partial charge in [0.2, 0.25) is 0 Å². The summed E-state index contributed by atoms with van der Waals surface area (Å²) >= 11 is 0. The Balaban J connectivity index is 3.22. The van der Waals surface area contributed by atoms with Gasteiger partial charge in [-0.15, -0.1) is 0 Å². The summed E-state index contributed by atoms with van der Waals surface area (Å²) < 4.78 is 4.58. The molecule has 0 heterocycles. The van der Waals surface area contributed by atoms with E-state index in [1.54, 1.807) is 0 Å². The van der Waals surface area contributed by atoms with Gasteiger partial charge in [0.1, 0.15) is 5.78 Å². The predicted molar refractivity (Wildman–Crippen MR) is 84.1 cm³/mol. The molecule has 0 aliphatic heterocycles. The van der Waals surface area contributed by atoms with Gasteiger partial charge in [0, 0.05) is 25.9 Å². The third-order valence-electron chi connectivity index (χ3n) is 3.68. The minimum atomic E-state index is -0.148. The molecule has 0 saturated carbocycles. The number of hydrogen-bond acceptors (Lipinski definition) is 4. The van der Waals surface area contributed by atoms with Crippen LogP contribution >= 0.6 is 0 Å². The molecule has 1 N–H and O–H groups in total. The first-order valence-electron chi connectivity index (χ1n) is 8.40. The van der Waals surface area contributed by atoms with Gasteiger partial charge in [0.25, 0.3) is 0 Å². The Morgan fingerprint density at radius 2 is 1.14 bits per heavy atom. The number of hydrogen-bond donors (Lipinski definition) is 1. The number of aliphatic hydroxyl groups excluding tert-OH is 1. The van der Waals surface area contributed by atoms with Crippen molar-refractivity contribution in [3.05, 3.63) is 0 Å². The lowest BCUT2D eigenvalue weighted by Crippen LogP contribution is -2.00. The van der Waals surface area contributed by atoms with E-state index in [9.17, 15) is 9.59 Å². The Hall–Kier alpha value is -0.900. The van der Waals surface area contributed by atoms with Crippen LogP contribution in [-0.4, -0.2) is 30.6 Å². The summed E-state index contributed by atoms with van der Waals surface area (Å²) in [5.41, 5.74) is 0. The topological polar surface area (TPSA) is 63.6 Å². The highest BCUT2D eigenvalue weighted by Gasteiger charge is 2.03. The van der Waals surface area contributed by atoms with Gasteiger partial charge in [0.05, 0.1) is 7.11 Å². The molecule has 0 aromatic carbocycles. The molecule has 0 fully saturated rings. The normalized spacial score (nSPS) is 10.6. The molecule has 0 spiro atoms. The zero-order valence-corrected chi connectivity index (χ0v) is 13.6. The molecule has 0 atom stereocenters. The van der Waals surface area contributed by atoms with Gasteiger partial charge < -0.3 is 9.84 Å². The molecule has 4 nitrogen and oxygen atoms in total. The van der Waals surface area contributed by atoms with E-state index in [1.807, 2.05) is 0 Å². The van der Waals surface area contributed by atoms with Crippen molar-refractivity contribution in [2.75, 3.05) is 13.7 Å². The molecule has 0 aliphatic carbocycles. The summed E-state index contributed by atoms with van der Waals surface area (Å²) in [4.78, 5) is 22.6. The van der Waals surface area contributed by atoms with Gasteiger partial charge in [-0.05, 0) is 25.7 Å². The Kier molecular flexibility index (Phi) is 14.8. The van der Waals surface area contributed by atoms with E-state index in [2.05, 4.69) is 4.74 Å². The largest absolute Gasteiger partial charge is 0.469 e. The van der Waals surface area contributed by atoms with Crippen molar-refractivity contribution < 1.29 is 19.4 Å². The van der Waals surface area contributed by atoms with Gasteiger partial charge in [-0.25, -0.2) is 0 Å². The zero-order valence-electron chi connectivity index (χ0n) is 13.6. The molecule has 124 valence electrons. The Bertz CT molecular complexity index is 264. The van der Waals surface area contributed by atoms with Gasteiger partial charge in [-0.1, -0.05) is 38.5 Å². The van der Waals surface area contributed by atoms with Gasteiger partial charge in [0.15, 0.2) is 0 Å². The van der Waals surface area contributed by atoms with Gasteiger partial charge in [-0.3, -0.25) is 9.59 Å². The highest BCUT2D eigenvalue weighted by molar-refractivity contribution is 5.78. The van der Waals surface area contributed by atoms with Crippen LogP contribution < -0.4 is 0 Å². The highest BCUT2D eigenvalue weighted by Crippen LogP contribution is 2.11. The van der Waals surface area contributed by atoms with Crippen molar-refractivity contribution in [1.29, 1.82) is 0 Å². The fraction of sp³-hybridized carbons (Fsp3) is 0.882. The van der Waals surface area contributed by atoms with E-state index in [1.165, 1.54) is 13.5 Å². The molecule has 0 aromatic heterocycles. The molecule has 0 aliphatic rings. The molecule has 0 unspecified atom stereocenters. The standard InChI is InChI=1S/C17H32O4/c1-21-17(20)14-10-6-5-9-13-16(19)12-8-4-2-3-7-11-15-18/h18H,2-15H2,1H3. The minimum Gasteiger partial charge on any atom is -0.469 e. The number of esters is 1. The number of rotatable bonds is 15. The first-order chi connectivity index (χ1) is 10.2. The molecular weight excluding hydrogens is 268 g/mol. The van der Waals surface area contributed by atoms with Crippen molar-refractivity contribution >= 4 is 11.8 Å². The maximum Gasteiger partial charge on any atom is 0.305 e. The molecule has 0 aromatic rings. The Labute approximate surface area is 129 Å². The lowest BCUT2D eigenvalue weighted by Gasteiger charge is -2.03. The van der Waals surface area contributed by atoms with Gasteiger partial charge >= 0.3 is 5.97 Å². The average Bonchev–Trinajstić information content (AvgIpc) is 2.49. The second kappa shape index (κ2) is 15.5. The first kappa shape index (κ1) is 20.1. The summed E-state index contributed by atoms with van der Waals surface area (Å²) in [7, 11) is 1.41. The predicted octanol–water partition coefficient (Wildman–Crippen LogP) is 3.79. The number of aliphatic hydroxyl groups is 1. The fourth-order valence-electron chi connectivity index (χ4n) is 2.31. The quantitative estimate of drug-likeness (QED) is 0.369. The summed E-state index contributed by atoms with van der Waals surface area (Å²) in [5.74, 6) is 0.225. The highest BCUT2D eigenvalue weighted by atomic mass is 16.5. The lowest BCUT2D eigenvalue weighted by molar-refractivity contribution is -0.140. The van der Waals surface area contributed by atoms with Crippen molar-refractivity contribution in [1.82, 2.24) is 0 Å². The van der Waals surface area contributed by atoms with E-state index in [-0.39, 0.29) is 12.6 Å². The molecule has 0 amide bonds. The minimum absolute atomic E-state index is 0.148. The number of carbonyl (C=O) groups excluding carboxylic acids is 2. The maximum atomic E-state index is 11.7. The zero-order chi connectivity index (χ0) is 15.8. The molecule has 4 heteroatoms. The maximum absolute atomic E-state index is 11.7. The van der Waals surface area contributed by atoms with Crippen LogP contribution in [0.15, 0.2) is 0 Å². The van der Waals surface area contributed by atoms with Crippen LogP contribution in [0.2, 0.25) is 0 Å². The molecule has 0 saturated heterocycles. The molecule has 0 rings (SSSR count).